The van der Waals surface area contributed by atoms with Gasteiger partial charge in [0.1, 0.15) is 5.75 Å². The molecule has 0 spiro atoms. The Hall–Kier alpha value is -1.87. The summed E-state index contributed by atoms with van der Waals surface area (Å²) in [6, 6.07) is 13.8. The quantitative estimate of drug-likeness (QED) is 0.877. The molecule has 0 amide bonds. The smallest absolute Gasteiger partial charge is 0.119 e. The van der Waals surface area contributed by atoms with E-state index in [1.165, 1.54) is 5.56 Å². The van der Waals surface area contributed by atoms with E-state index in [0.717, 1.165) is 17.9 Å². The number of rotatable bonds is 5. The molecule has 0 fully saturated rings. The fourth-order valence-electron chi connectivity index (χ4n) is 1.88. The molecule has 3 nitrogen and oxygen atoms in total. The van der Waals surface area contributed by atoms with E-state index in [-0.39, 0.29) is 6.04 Å². The number of aromatic nitrogens is 1. The zero-order valence-electron chi connectivity index (χ0n) is 10.5. The first kappa shape index (κ1) is 12.6. The number of ether oxygens (including phenoxy) is 1. The molecule has 2 aromatic rings. The number of benzene rings is 1. The van der Waals surface area contributed by atoms with Gasteiger partial charge in [-0.15, -0.1) is 0 Å². The van der Waals surface area contributed by atoms with Crippen LogP contribution in [0.4, 0.5) is 0 Å². The molecule has 2 rings (SSSR count). The molecule has 1 heterocycles. The standard InChI is InChI=1S/C15H18N2O/c1-2-18-13-7-5-6-12(10-13)11-14(16)15-8-3-4-9-17-15/h3-10,14H,2,11,16H2,1H3. The summed E-state index contributed by atoms with van der Waals surface area (Å²) < 4.78 is 5.48. The maximum absolute atomic E-state index is 6.15. The van der Waals surface area contributed by atoms with E-state index in [2.05, 4.69) is 11.1 Å². The van der Waals surface area contributed by atoms with Gasteiger partial charge < -0.3 is 10.5 Å². The van der Waals surface area contributed by atoms with Gasteiger partial charge in [-0.2, -0.15) is 0 Å². The van der Waals surface area contributed by atoms with E-state index in [1.54, 1.807) is 6.20 Å². The Morgan fingerprint density at radius 3 is 2.83 bits per heavy atom. The Bertz CT molecular complexity index is 485. The van der Waals surface area contributed by atoms with Gasteiger partial charge in [0.25, 0.3) is 0 Å². The summed E-state index contributed by atoms with van der Waals surface area (Å²) in [5.41, 5.74) is 8.23. The van der Waals surface area contributed by atoms with Crippen LogP contribution in [-0.2, 0) is 6.42 Å². The van der Waals surface area contributed by atoms with E-state index in [4.69, 9.17) is 10.5 Å². The fraction of sp³-hybridized carbons (Fsp3) is 0.267. The Morgan fingerprint density at radius 1 is 1.22 bits per heavy atom. The predicted molar refractivity (Wildman–Crippen MR) is 72.5 cm³/mol. The number of hydrogen-bond acceptors (Lipinski definition) is 3. The van der Waals surface area contributed by atoms with E-state index in [9.17, 15) is 0 Å². The molecular formula is C15H18N2O. The van der Waals surface area contributed by atoms with Crippen LogP contribution in [0.25, 0.3) is 0 Å². The summed E-state index contributed by atoms with van der Waals surface area (Å²) in [5, 5.41) is 0. The SMILES string of the molecule is CCOc1cccc(CC(N)c2ccccn2)c1. The van der Waals surface area contributed by atoms with Crippen LogP contribution in [0.3, 0.4) is 0 Å². The highest BCUT2D eigenvalue weighted by Crippen LogP contribution is 2.18. The molecule has 0 saturated carbocycles. The van der Waals surface area contributed by atoms with Gasteiger partial charge in [0.05, 0.1) is 18.3 Å². The molecule has 0 aliphatic carbocycles. The first-order valence-corrected chi connectivity index (χ1v) is 6.18. The molecular weight excluding hydrogens is 224 g/mol. The monoisotopic (exact) mass is 242 g/mol. The second-order valence-corrected chi connectivity index (χ2v) is 4.15. The summed E-state index contributed by atoms with van der Waals surface area (Å²) in [7, 11) is 0. The highest BCUT2D eigenvalue weighted by Gasteiger charge is 2.08. The van der Waals surface area contributed by atoms with E-state index in [0.29, 0.717) is 6.61 Å². The second kappa shape index (κ2) is 6.17. The number of hydrogen-bond donors (Lipinski definition) is 1. The molecule has 0 bridgehead atoms. The molecule has 1 aromatic heterocycles. The van der Waals surface area contributed by atoms with Crippen molar-refractivity contribution in [1.82, 2.24) is 4.98 Å². The Labute approximate surface area is 108 Å². The average Bonchev–Trinajstić information content (AvgIpc) is 2.40. The van der Waals surface area contributed by atoms with Crippen molar-refractivity contribution in [2.24, 2.45) is 5.73 Å². The highest BCUT2D eigenvalue weighted by atomic mass is 16.5. The van der Waals surface area contributed by atoms with Crippen LogP contribution in [0.5, 0.6) is 5.75 Å². The van der Waals surface area contributed by atoms with Gasteiger partial charge in [0, 0.05) is 6.20 Å². The summed E-state index contributed by atoms with van der Waals surface area (Å²) in [4.78, 5) is 4.28. The van der Waals surface area contributed by atoms with Crippen molar-refractivity contribution in [2.45, 2.75) is 19.4 Å². The van der Waals surface area contributed by atoms with Crippen LogP contribution in [-0.4, -0.2) is 11.6 Å². The molecule has 18 heavy (non-hydrogen) atoms. The lowest BCUT2D eigenvalue weighted by atomic mass is 10.0. The summed E-state index contributed by atoms with van der Waals surface area (Å²) in [5.74, 6) is 0.892. The van der Waals surface area contributed by atoms with Crippen molar-refractivity contribution in [3.05, 3.63) is 59.9 Å². The topological polar surface area (TPSA) is 48.1 Å². The molecule has 94 valence electrons. The first-order chi connectivity index (χ1) is 8.79. The van der Waals surface area contributed by atoms with Crippen LogP contribution in [0.15, 0.2) is 48.7 Å². The van der Waals surface area contributed by atoms with E-state index in [1.807, 2.05) is 43.3 Å². The van der Waals surface area contributed by atoms with Crippen molar-refractivity contribution in [1.29, 1.82) is 0 Å². The van der Waals surface area contributed by atoms with Crippen molar-refractivity contribution in [3.8, 4) is 5.75 Å². The zero-order chi connectivity index (χ0) is 12.8. The van der Waals surface area contributed by atoms with Crippen molar-refractivity contribution >= 4 is 0 Å². The van der Waals surface area contributed by atoms with Gasteiger partial charge in [-0.25, -0.2) is 0 Å². The third-order valence-corrected chi connectivity index (χ3v) is 2.73. The third-order valence-electron chi connectivity index (χ3n) is 2.73. The number of nitrogens with two attached hydrogens (primary N) is 1. The van der Waals surface area contributed by atoms with Crippen LogP contribution in [0.1, 0.15) is 24.2 Å². The van der Waals surface area contributed by atoms with Crippen LogP contribution < -0.4 is 10.5 Å². The molecule has 0 aliphatic heterocycles. The minimum absolute atomic E-state index is 0.0805. The Morgan fingerprint density at radius 2 is 2.11 bits per heavy atom. The molecule has 1 aromatic carbocycles. The number of pyridine rings is 1. The highest BCUT2D eigenvalue weighted by molar-refractivity contribution is 5.29. The molecule has 0 aliphatic rings. The summed E-state index contributed by atoms with van der Waals surface area (Å²) in [6.45, 7) is 2.65. The molecule has 0 saturated heterocycles. The van der Waals surface area contributed by atoms with Crippen molar-refractivity contribution in [3.63, 3.8) is 0 Å². The van der Waals surface area contributed by atoms with Crippen LogP contribution in [0, 0.1) is 0 Å². The van der Waals surface area contributed by atoms with Crippen molar-refractivity contribution in [2.75, 3.05) is 6.61 Å². The van der Waals surface area contributed by atoms with Gasteiger partial charge in [0.15, 0.2) is 0 Å². The molecule has 0 radical (unpaired) electrons. The van der Waals surface area contributed by atoms with Gasteiger partial charge in [-0.1, -0.05) is 18.2 Å². The predicted octanol–water partition coefficient (Wildman–Crippen LogP) is 2.72. The fourth-order valence-corrected chi connectivity index (χ4v) is 1.88. The molecule has 1 unspecified atom stereocenters. The molecule has 2 N–H and O–H groups in total. The van der Waals surface area contributed by atoms with E-state index >= 15 is 0 Å². The maximum atomic E-state index is 6.15. The lowest BCUT2D eigenvalue weighted by molar-refractivity contribution is 0.340. The minimum Gasteiger partial charge on any atom is -0.494 e. The van der Waals surface area contributed by atoms with Gasteiger partial charge in [0.2, 0.25) is 0 Å². The zero-order valence-corrected chi connectivity index (χ0v) is 10.5. The summed E-state index contributed by atoms with van der Waals surface area (Å²) in [6.07, 6.45) is 2.53. The van der Waals surface area contributed by atoms with Gasteiger partial charge in [-0.05, 0) is 43.2 Å². The first-order valence-electron chi connectivity index (χ1n) is 6.18. The van der Waals surface area contributed by atoms with Crippen LogP contribution >= 0.6 is 0 Å². The summed E-state index contributed by atoms with van der Waals surface area (Å²) >= 11 is 0. The third kappa shape index (κ3) is 3.31. The second-order valence-electron chi connectivity index (χ2n) is 4.15. The van der Waals surface area contributed by atoms with Gasteiger partial charge >= 0.3 is 0 Å². The molecule has 3 heteroatoms. The largest absolute Gasteiger partial charge is 0.494 e. The lowest BCUT2D eigenvalue weighted by Gasteiger charge is -2.12. The Kier molecular flexibility index (Phi) is 4.31. The van der Waals surface area contributed by atoms with Crippen LogP contribution in [0.2, 0.25) is 0 Å². The van der Waals surface area contributed by atoms with E-state index < -0.39 is 0 Å². The average molecular weight is 242 g/mol. The van der Waals surface area contributed by atoms with Gasteiger partial charge in [-0.3, -0.25) is 4.98 Å². The minimum atomic E-state index is -0.0805. The number of nitrogens with zero attached hydrogens (tertiary/aromatic N) is 1. The molecule has 1 atom stereocenters. The van der Waals surface area contributed by atoms with Crippen molar-refractivity contribution < 1.29 is 4.74 Å². The maximum Gasteiger partial charge on any atom is 0.119 e. The lowest BCUT2D eigenvalue weighted by Crippen LogP contribution is -2.14. The normalized spacial score (nSPS) is 12.1. The Balaban J connectivity index is 2.07.